The molecular formula is C21H20F3N3O4S. The van der Waals surface area contributed by atoms with Gasteiger partial charge >= 0.3 is 6.18 Å². The summed E-state index contributed by atoms with van der Waals surface area (Å²) in [4.78, 5) is 38.7. The van der Waals surface area contributed by atoms with Gasteiger partial charge in [0.25, 0.3) is 0 Å². The van der Waals surface area contributed by atoms with Crippen molar-refractivity contribution in [2.75, 3.05) is 31.3 Å². The second-order valence-electron chi connectivity index (χ2n) is 7.04. The average molecular weight is 467 g/mol. The Morgan fingerprint density at radius 2 is 1.88 bits per heavy atom. The molecule has 0 saturated carbocycles. The second kappa shape index (κ2) is 9.51. The number of likely N-dealkylation sites (N-methyl/N-ethyl adjacent to an activating group) is 1. The van der Waals surface area contributed by atoms with E-state index in [0.717, 1.165) is 23.9 Å². The van der Waals surface area contributed by atoms with E-state index in [2.05, 4.69) is 10.6 Å². The Bertz CT molecular complexity index is 1030. The van der Waals surface area contributed by atoms with E-state index in [4.69, 9.17) is 4.74 Å². The maximum absolute atomic E-state index is 12.9. The van der Waals surface area contributed by atoms with Crippen molar-refractivity contribution < 1.29 is 32.3 Å². The number of alkyl halides is 3. The van der Waals surface area contributed by atoms with Gasteiger partial charge in [-0.1, -0.05) is 0 Å². The number of hydrogen-bond donors (Lipinski definition) is 2. The van der Waals surface area contributed by atoms with Gasteiger partial charge in [0.15, 0.2) is 0 Å². The zero-order chi connectivity index (χ0) is 23.5. The first kappa shape index (κ1) is 23.5. The molecule has 0 radical (unpaired) electrons. The minimum Gasteiger partial charge on any atom is -0.497 e. The van der Waals surface area contributed by atoms with Gasteiger partial charge in [-0.15, -0.1) is 11.8 Å². The molecule has 32 heavy (non-hydrogen) atoms. The molecule has 0 fully saturated rings. The van der Waals surface area contributed by atoms with Crippen LogP contribution in [0.15, 0.2) is 47.4 Å². The van der Waals surface area contributed by atoms with Gasteiger partial charge in [0.2, 0.25) is 17.7 Å². The molecule has 1 atom stereocenters. The fourth-order valence-electron chi connectivity index (χ4n) is 2.95. The number of benzene rings is 2. The Balaban J connectivity index is 1.56. The molecule has 1 heterocycles. The number of fused-ring (bicyclic) bond motifs is 1. The van der Waals surface area contributed by atoms with Crippen molar-refractivity contribution in [1.82, 2.24) is 4.90 Å². The third-order valence-corrected chi connectivity index (χ3v) is 5.94. The first-order chi connectivity index (χ1) is 15.1. The minimum atomic E-state index is -4.52. The van der Waals surface area contributed by atoms with Crippen LogP contribution in [0.1, 0.15) is 12.0 Å². The Hall–Kier alpha value is -3.21. The van der Waals surface area contributed by atoms with Crippen LogP contribution in [0.4, 0.5) is 24.5 Å². The summed E-state index contributed by atoms with van der Waals surface area (Å²) in [6.07, 6.45) is -4.73. The van der Waals surface area contributed by atoms with Crippen LogP contribution >= 0.6 is 11.8 Å². The number of methoxy groups -OCH3 is 1. The molecule has 2 N–H and O–H groups in total. The van der Waals surface area contributed by atoms with Crippen LogP contribution < -0.4 is 15.4 Å². The van der Waals surface area contributed by atoms with Gasteiger partial charge < -0.3 is 20.3 Å². The molecule has 11 heteroatoms. The smallest absolute Gasteiger partial charge is 0.416 e. The predicted octanol–water partition coefficient (Wildman–Crippen LogP) is 3.61. The summed E-state index contributed by atoms with van der Waals surface area (Å²) in [5.41, 5.74) is -0.270. The highest BCUT2D eigenvalue weighted by Crippen LogP contribution is 2.40. The van der Waals surface area contributed by atoms with Crippen LogP contribution in [-0.4, -0.2) is 48.6 Å². The largest absolute Gasteiger partial charge is 0.497 e. The van der Waals surface area contributed by atoms with Gasteiger partial charge in [-0.05, 0) is 42.5 Å². The van der Waals surface area contributed by atoms with Gasteiger partial charge in [0.1, 0.15) is 5.75 Å². The molecule has 0 aliphatic carbocycles. The predicted molar refractivity (Wildman–Crippen MR) is 114 cm³/mol. The highest BCUT2D eigenvalue weighted by atomic mass is 32.2. The number of anilines is 2. The first-order valence-electron chi connectivity index (χ1n) is 9.43. The van der Waals surface area contributed by atoms with Gasteiger partial charge in [0.05, 0.1) is 30.2 Å². The standard InChI is InChI=1S/C21H20F3N3O4S/c1-27(11-18(28)25-13-4-6-14(31-2)7-5-13)19(29)10-17-20(30)26-15-9-12(21(22,23)24)3-8-16(15)32-17/h3-9,17H,10-11H2,1-2H3,(H,25,28)(H,26,30)/t17-/m1/s1. The highest BCUT2D eigenvalue weighted by Gasteiger charge is 2.34. The summed E-state index contributed by atoms with van der Waals surface area (Å²) in [5, 5.41) is 4.27. The molecule has 170 valence electrons. The number of nitrogens with one attached hydrogen (secondary N) is 2. The van der Waals surface area contributed by atoms with Crippen molar-refractivity contribution in [2.24, 2.45) is 0 Å². The molecule has 3 amide bonds. The SMILES string of the molecule is COc1ccc(NC(=O)CN(C)C(=O)C[C@H]2Sc3ccc(C(F)(F)F)cc3NC2=O)cc1. The molecule has 2 aromatic carbocycles. The van der Waals surface area contributed by atoms with Crippen LogP contribution in [-0.2, 0) is 20.6 Å². The van der Waals surface area contributed by atoms with E-state index in [0.29, 0.717) is 16.3 Å². The lowest BCUT2D eigenvalue weighted by atomic mass is 10.1. The monoisotopic (exact) mass is 467 g/mol. The lowest BCUT2D eigenvalue weighted by Crippen LogP contribution is -2.39. The number of amides is 3. The molecule has 7 nitrogen and oxygen atoms in total. The average Bonchev–Trinajstić information content (AvgIpc) is 2.73. The normalized spacial score (nSPS) is 15.4. The van der Waals surface area contributed by atoms with E-state index in [1.807, 2.05) is 0 Å². The van der Waals surface area contributed by atoms with Crippen LogP contribution in [0.3, 0.4) is 0 Å². The van der Waals surface area contributed by atoms with E-state index in [-0.39, 0.29) is 18.7 Å². The van der Waals surface area contributed by atoms with E-state index >= 15 is 0 Å². The van der Waals surface area contributed by atoms with Crippen molar-refractivity contribution in [3.63, 3.8) is 0 Å². The number of carbonyl (C=O) groups is 3. The number of hydrogen-bond acceptors (Lipinski definition) is 5. The lowest BCUT2D eigenvalue weighted by Gasteiger charge is -2.26. The summed E-state index contributed by atoms with van der Waals surface area (Å²) in [6.45, 7) is -0.227. The molecule has 3 rings (SSSR count). The fraction of sp³-hybridized carbons (Fsp3) is 0.286. The molecule has 0 spiro atoms. The Morgan fingerprint density at radius 3 is 2.50 bits per heavy atom. The molecule has 1 aliphatic heterocycles. The van der Waals surface area contributed by atoms with E-state index in [1.54, 1.807) is 24.3 Å². The van der Waals surface area contributed by atoms with E-state index in [1.165, 1.54) is 25.1 Å². The molecule has 0 aromatic heterocycles. The van der Waals surface area contributed by atoms with Crippen molar-refractivity contribution in [3.8, 4) is 5.75 Å². The maximum atomic E-state index is 12.9. The molecule has 0 bridgehead atoms. The fourth-order valence-corrected chi connectivity index (χ4v) is 4.04. The molecule has 0 saturated heterocycles. The number of rotatable bonds is 6. The third-order valence-electron chi connectivity index (χ3n) is 4.67. The summed E-state index contributed by atoms with van der Waals surface area (Å²) in [5.74, 6) is -0.796. The van der Waals surface area contributed by atoms with Crippen LogP contribution in [0.25, 0.3) is 0 Å². The Morgan fingerprint density at radius 1 is 1.19 bits per heavy atom. The number of halogens is 3. The second-order valence-corrected chi connectivity index (χ2v) is 8.28. The quantitative estimate of drug-likeness (QED) is 0.678. The zero-order valence-electron chi connectivity index (χ0n) is 17.2. The topological polar surface area (TPSA) is 87.7 Å². The van der Waals surface area contributed by atoms with E-state index < -0.39 is 34.7 Å². The van der Waals surface area contributed by atoms with Crippen molar-refractivity contribution >= 4 is 40.9 Å². The molecule has 0 unspecified atom stereocenters. The molecule has 1 aliphatic rings. The number of carbonyl (C=O) groups excluding carboxylic acids is 3. The zero-order valence-corrected chi connectivity index (χ0v) is 18.0. The van der Waals surface area contributed by atoms with Crippen molar-refractivity contribution in [1.29, 1.82) is 0 Å². The molecular weight excluding hydrogens is 447 g/mol. The van der Waals surface area contributed by atoms with Gasteiger partial charge in [-0.2, -0.15) is 13.2 Å². The third kappa shape index (κ3) is 5.72. The summed E-state index contributed by atoms with van der Waals surface area (Å²) >= 11 is 1.02. The van der Waals surface area contributed by atoms with Gasteiger partial charge in [-0.3, -0.25) is 14.4 Å². The minimum absolute atomic E-state index is 0.0609. The number of ether oxygens (including phenoxy) is 1. The van der Waals surface area contributed by atoms with Crippen molar-refractivity contribution in [3.05, 3.63) is 48.0 Å². The summed E-state index contributed by atoms with van der Waals surface area (Å²) in [7, 11) is 2.96. The summed E-state index contributed by atoms with van der Waals surface area (Å²) in [6, 6.07) is 9.74. The molecule has 2 aromatic rings. The highest BCUT2D eigenvalue weighted by molar-refractivity contribution is 8.01. The van der Waals surface area contributed by atoms with Crippen molar-refractivity contribution in [2.45, 2.75) is 22.7 Å². The summed E-state index contributed by atoms with van der Waals surface area (Å²) < 4.78 is 43.6. The van der Waals surface area contributed by atoms with Gasteiger partial charge in [0, 0.05) is 24.1 Å². The van der Waals surface area contributed by atoms with Crippen LogP contribution in [0.5, 0.6) is 5.75 Å². The van der Waals surface area contributed by atoms with Gasteiger partial charge in [-0.25, -0.2) is 0 Å². The van der Waals surface area contributed by atoms with Crippen LogP contribution in [0.2, 0.25) is 0 Å². The maximum Gasteiger partial charge on any atom is 0.416 e. The Kier molecular flexibility index (Phi) is 6.97. The Labute approximate surface area is 186 Å². The van der Waals surface area contributed by atoms with Crippen LogP contribution in [0, 0.1) is 0 Å². The lowest BCUT2D eigenvalue weighted by molar-refractivity contribution is -0.137. The number of nitrogens with zero attached hydrogens (tertiary/aromatic N) is 1. The first-order valence-corrected chi connectivity index (χ1v) is 10.3. The number of thioether (sulfide) groups is 1. The van der Waals surface area contributed by atoms with E-state index in [9.17, 15) is 27.6 Å².